The Morgan fingerprint density at radius 3 is 2.44 bits per heavy atom. The predicted octanol–water partition coefficient (Wildman–Crippen LogP) is 4.94. The van der Waals surface area contributed by atoms with E-state index in [1.54, 1.807) is 0 Å². The van der Waals surface area contributed by atoms with Crippen LogP contribution in [-0.4, -0.2) is 23.6 Å². The Bertz CT molecular complexity index is 608. The minimum absolute atomic E-state index is 0.220. The maximum absolute atomic E-state index is 12.8. The van der Waals surface area contributed by atoms with Crippen molar-refractivity contribution in [3.8, 4) is 0 Å². The van der Waals surface area contributed by atoms with Gasteiger partial charge in [0.15, 0.2) is 5.54 Å². The second kappa shape index (κ2) is 8.96. The Labute approximate surface area is 150 Å². The average molecular weight is 340 g/mol. The molecular formula is C21H28N2O2. The molecule has 2 aliphatic carbocycles. The summed E-state index contributed by atoms with van der Waals surface area (Å²) in [4.78, 5) is 21.8. The van der Waals surface area contributed by atoms with Crippen LogP contribution in [0.15, 0.2) is 40.3 Å². The molecule has 0 atom stereocenters. The number of aliphatic imine (C=N–C) groups is 2. The standard InChI is InChI=1S/C21H28N2O2/c24-20(25-16-18-10-4-1-5-11-18)21(14-8-3-9-15-21)23-17-22-19-12-6-2-7-13-19/h1,4-5,10-11,19H,2-3,6-9,12-16H2. The van der Waals surface area contributed by atoms with E-state index in [1.165, 1.54) is 19.3 Å². The molecule has 1 aromatic carbocycles. The first-order chi connectivity index (χ1) is 12.3. The Balaban J connectivity index is 1.66. The van der Waals surface area contributed by atoms with Crippen molar-refractivity contribution in [3.63, 3.8) is 0 Å². The quantitative estimate of drug-likeness (QED) is 0.563. The van der Waals surface area contributed by atoms with E-state index in [1.807, 2.05) is 30.3 Å². The van der Waals surface area contributed by atoms with Crippen LogP contribution >= 0.6 is 0 Å². The Hall–Kier alpha value is -1.93. The van der Waals surface area contributed by atoms with Crippen LogP contribution < -0.4 is 0 Å². The summed E-state index contributed by atoms with van der Waals surface area (Å²) >= 11 is 0. The number of nitrogens with zero attached hydrogens (tertiary/aromatic N) is 2. The zero-order valence-corrected chi connectivity index (χ0v) is 15.0. The van der Waals surface area contributed by atoms with Crippen LogP contribution in [0.5, 0.6) is 0 Å². The van der Waals surface area contributed by atoms with Gasteiger partial charge in [-0.3, -0.25) is 0 Å². The second-order valence-electron chi connectivity index (χ2n) is 7.29. The van der Waals surface area contributed by atoms with Gasteiger partial charge in [-0.15, -0.1) is 0 Å². The molecule has 0 amide bonds. The number of esters is 1. The number of ether oxygens (including phenoxy) is 1. The van der Waals surface area contributed by atoms with Crippen LogP contribution in [0.2, 0.25) is 0 Å². The molecule has 1 aromatic rings. The summed E-state index contributed by atoms with van der Waals surface area (Å²) in [7, 11) is 0. The van der Waals surface area contributed by atoms with Crippen molar-refractivity contribution >= 4 is 12.0 Å². The van der Waals surface area contributed by atoms with Gasteiger partial charge in [0.1, 0.15) is 6.61 Å². The Morgan fingerprint density at radius 1 is 1.04 bits per heavy atom. The van der Waals surface area contributed by atoms with Crippen molar-refractivity contribution in [2.24, 2.45) is 9.98 Å². The van der Waals surface area contributed by atoms with Crippen LogP contribution in [0, 0.1) is 0 Å². The van der Waals surface area contributed by atoms with E-state index in [9.17, 15) is 4.79 Å². The van der Waals surface area contributed by atoms with Crippen molar-refractivity contribution in [2.45, 2.75) is 82.4 Å². The molecule has 25 heavy (non-hydrogen) atoms. The topological polar surface area (TPSA) is 51.0 Å². The van der Waals surface area contributed by atoms with E-state index in [0.29, 0.717) is 12.6 Å². The minimum Gasteiger partial charge on any atom is -0.459 e. The van der Waals surface area contributed by atoms with Gasteiger partial charge in [-0.2, -0.15) is 0 Å². The number of hydrogen-bond donors (Lipinski definition) is 0. The van der Waals surface area contributed by atoms with Gasteiger partial charge in [0.05, 0.1) is 12.1 Å². The molecule has 4 nitrogen and oxygen atoms in total. The minimum atomic E-state index is -0.773. The highest BCUT2D eigenvalue weighted by atomic mass is 16.5. The van der Waals surface area contributed by atoms with Gasteiger partial charge in [-0.25, -0.2) is 14.8 Å². The summed E-state index contributed by atoms with van der Waals surface area (Å²) in [6, 6.07) is 13.0. The summed E-state index contributed by atoms with van der Waals surface area (Å²) in [6.07, 6.45) is 10.7. The highest BCUT2D eigenvalue weighted by Gasteiger charge is 2.41. The highest BCUT2D eigenvalue weighted by Crippen LogP contribution is 2.33. The normalized spacial score (nSPS) is 20.3. The smallest absolute Gasteiger partial charge is 0.335 e. The van der Waals surface area contributed by atoms with Gasteiger partial charge in [0.25, 0.3) is 0 Å². The fourth-order valence-corrected chi connectivity index (χ4v) is 3.77. The lowest BCUT2D eigenvalue weighted by molar-refractivity contribution is -0.152. The molecule has 0 radical (unpaired) electrons. The van der Waals surface area contributed by atoms with Crippen LogP contribution in [0.3, 0.4) is 0 Å². The second-order valence-corrected chi connectivity index (χ2v) is 7.29. The third kappa shape index (κ3) is 5.02. The molecule has 0 spiro atoms. The molecule has 0 N–H and O–H groups in total. The van der Waals surface area contributed by atoms with E-state index in [-0.39, 0.29) is 5.97 Å². The molecule has 2 saturated carbocycles. The van der Waals surface area contributed by atoms with Crippen molar-refractivity contribution in [2.75, 3.05) is 0 Å². The number of carbonyl (C=O) groups is 1. The Kier molecular flexibility index (Phi) is 6.41. The molecule has 2 aliphatic rings. The molecule has 0 saturated heterocycles. The molecule has 0 aliphatic heterocycles. The molecule has 0 bridgehead atoms. The van der Waals surface area contributed by atoms with Gasteiger partial charge in [-0.05, 0) is 31.2 Å². The molecule has 0 heterocycles. The lowest BCUT2D eigenvalue weighted by Gasteiger charge is -2.30. The first-order valence-corrected chi connectivity index (χ1v) is 9.66. The summed E-state index contributed by atoms with van der Waals surface area (Å²) in [6.45, 7) is 0.302. The van der Waals surface area contributed by atoms with E-state index < -0.39 is 5.54 Å². The number of benzene rings is 1. The van der Waals surface area contributed by atoms with Crippen LogP contribution in [0.4, 0.5) is 0 Å². The summed E-state index contributed by atoms with van der Waals surface area (Å²) in [5.74, 6) is -0.220. The van der Waals surface area contributed by atoms with E-state index in [4.69, 9.17) is 4.74 Å². The molecule has 4 heteroatoms. The molecule has 0 aromatic heterocycles. The lowest BCUT2D eigenvalue weighted by atomic mass is 9.82. The fraction of sp³-hybridized carbons (Fsp3) is 0.619. The zero-order chi connectivity index (χ0) is 17.4. The van der Waals surface area contributed by atoms with Gasteiger partial charge >= 0.3 is 5.97 Å². The third-order valence-corrected chi connectivity index (χ3v) is 5.35. The highest BCUT2D eigenvalue weighted by molar-refractivity contribution is 5.82. The largest absolute Gasteiger partial charge is 0.459 e. The maximum Gasteiger partial charge on any atom is 0.335 e. The Morgan fingerprint density at radius 2 is 1.72 bits per heavy atom. The third-order valence-electron chi connectivity index (χ3n) is 5.35. The van der Waals surface area contributed by atoms with E-state index >= 15 is 0 Å². The summed E-state index contributed by atoms with van der Waals surface area (Å²) in [5, 5.41) is 0. The van der Waals surface area contributed by atoms with Crippen LogP contribution in [0.25, 0.3) is 0 Å². The van der Waals surface area contributed by atoms with Crippen LogP contribution in [-0.2, 0) is 16.1 Å². The van der Waals surface area contributed by atoms with Crippen molar-refractivity contribution < 1.29 is 9.53 Å². The van der Waals surface area contributed by atoms with Crippen molar-refractivity contribution in [1.82, 2.24) is 0 Å². The first kappa shape index (κ1) is 17.9. The van der Waals surface area contributed by atoms with Gasteiger partial charge in [0.2, 0.25) is 0 Å². The fourth-order valence-electron chi connectivity index (χ4n) is 3.77. The summed E-state index contributed by atoms with van der Waals surface area (Å²) in [5.41, 5.74) is 0.229. The predicted molar refractivity (Wildman–Crippen MR) is 98.8 cm³/mol. The van der Waals surface area contributed by atoms with Gasteiger partial charge in [-0.1, -0.05) is 68.9 Å². The maximum atomic E-state index is 12.8. The van der Waals surface area contributed by atoms with Crippen molar-refractivity contribution in [3.05, 3.63) is 35.9 Å². The number of carbonyl (C=O) groups excluding carboxylic acids is 1. The zero-order valence-electron chi connectivity index (χ0n) is 15.0. The first-order valence-electron chi connectivity index (χ1n) is 9.66. The summed E-state index contributed by atoms with van der Waals surface area (Å²) < 4.78 is 5.60. The molecule has 134 valence electrons. The van der Waals surface area contributed by atoms with Crippen molar-refractivity contribution in [1.29, 1.82) is 0 Å². The molecular weight excluding hydrogens is 312 g/mol. The number of rotatable bonds is 5. The SMILES string of the molecule is O=C(OCc1ccccc1)C1(N=C=NC2CCCCC2)CCCCC1. The van der Waals surface area contributed by atoms with E-state index in [0.717, 1.165) is 50.5 Å². The van der Waals surface area contributed by atoms with Gasteiger partial charge < -0.3 is 4.74 Å². The monoisotopic (exact) mass is 340 g/mol. The van der Waals surface area contributed by atoms with Gasteiger partial charge in [0, 0.05) is 0 Å². The molecule has 3 rings (SSSR count). The molecule has 2 fully saturated rings. The number of hydrogen-bond acceptors (Lipinski definition) is 4. The van der Waals surface area contributed by atoms with E-state index in [2.05, 4.69) is 16.0 Å². The molecule has 0 unspecified atom stereocenters. The lowest BCUT2D eigenvalue weighted by Crippen LogP contribution is -2.40. The van der Waals surface area contributed by atoms with Crippen LogP contribution in [0.1, 0.15) is 69.8 Å². The average Bonchev–Trinajstić information content (AvgIpc) is 2.68.